The Morgan fingerprint density at radius 3 is 2.96 bits per heavy atom. The number of fused-ring (bicyclic) bond motifs is 1. The van der Waals surface area contributed by atoms with E-state index >= 15 is 0 Å². The van der Waals surface area contributed by atoms with Crippen molar-refractivity contribution < 1.29 is 4.74 Å². The van der Waals surface area contributed by atoms with Gasteiger partial charge in [-0.3, -0.25) is 9.67 Å². The van der Waals surface area contributed by atoms with Gasteiger partial charge in [-0.1, -0.05) is 13.8 Å². The molecule has 4 atom stereocenters. The van der Waals surface area contributed by atoms with Crippen LogP contribution in [-0.2, 0) is 11.8 Å². The van der Waals surface area contributed by atoms with E-state index in [-0.39, 0.29) is 5.41 Å². The number of nitrogens with one attached hydrogen (secondary N) is 1. The number of aromatic nitrogens is 2. The molecule has 1 aromatic rings. The molecule has 0 amide bonds. The molecule has 0 aromatic carbocycles. The molecule has 0 bridgehead atoms. The van der Waals surface area contributed by atoms with E-state index in [9.17, 15) is 0 Å². The fourth-order valence-electron chi connectivity index (χ4n) is 5.13. The first-order valence-electron chi connectivity index (χ1n) is 9.59. The second-order valence-electron chi connectivity index (χ2n) is 8.47. The smallest absolute Gasteiger partial charge is 0.193 e. The molecule has 1 aliphatic carbocycles. The van der Waals surface area contributed by atoms with Gasteiger partial charge in [0.25, 0.3) is 0 Å². The average Bonchev–Trinajstić information content (AvgIpc) is 3.24. The van der Waals surface area contributed by atoms with E-state index in [1.54, 1.807) is 0 Å². The van der Waals surface area contributed by atoms with Gasteiger partial charge in [0, 0.05) is 63.3 Å². The Kier molecular flexibility index (Phi) is 4.26. The highest BCUT2D eigenvalue weighted by Gasteiger charge is 2.58. The Balaban J connectivity index is 1.42. The highest BCUT2D eigenvalue weighted by molar-refractivity contribution is 5.81. The van der Waals surface area contributed by atoms with Crippen LogP contribution in [-0.4, -0.2) is 59.5 Å². The van der Waals surface area contributed by atoms with Gasteiger partial charge in [-0.15, -0.1) is 0 Å². The first-order valence-corrected chi connectivity index (χ1v) is 9.59. The van der Waals surface area contributed by atoms with Crippen molar-refractivity contribution >= 4 is 5.96 Å². The van der Waals surface area contributed by atoms with E-state index in [1.165, 1.54) is 18.4 Å². The predicted octanol–water partition coefficient (Wildman–Crippen LogP) is 1.99. The number of hydrogen-bond acceptors (Lipinski definition) is 3. The van der Waals surface area contributed by atoms with Gasteiger partial charge < -0.3 is 15.0 Å². The lowest BCUT2D eigenvalue weighted by Crippen LogP contribution is -2.71. The molecule has 1 saturated carbocycles. The van der Waals surface area contributed by atoms with E-state index in [4.69, 9.17) is 4.74 Å². The summed E-state index contributed by atoms with van der Waals surface area (Å²) in [7, 11) is 3.89. The summed E-state index contributed by atoms with van der Waals surface area (Å²) in [4.78, 5) is 7.01. The quantitative estimate of drug-likeness (QED) is 0.658. The van der Waals surface area contributed by atoms with Gasteiger partial charge in [0.15, 0.2) is 5.96 Å². The van der Waals surface area contributed by atoms with E-state index in [0.717, 1.165) is 32.1 Å². The number of likely N-dealkylation sites (tertiary alicyclic amines) is 1. The largest absolute Gasteiger partial charge is 0.377 e. The average molecular weight is 345 g/mol. The minimum absolute atomic E-state index is 0.170. The molecular formula is C19H31N5O. The minimum Gasteiger partial charge on any atom is -0.377 e. The zero-order valence-electron chi connectivity index (χ0n) is 15.9. The van der Waals surface area contributed by atoms with Crippen molar-refractivity contribution in [2.45, 2.75) is 51.2 Å². The maximum Gasteiger partial charge on any atom is 0.193 e. The third kappa shape index (κ3) is 2.84. The molecule has 1 aromatic heterocycles. The van der Waals surface area contributed by atoms with Crippen molar-refractivity contribution in [2.24, 2.45) is 23.4 Å². The van der Waals surface area contributed by atoms with Gasteiger partial charge in [-0.05, 0) is 24.8 Å². The summed E-state index contributed by atoms with van der Waals surface area (Å²) >= 11 is 0. The molecule has 6 heteroatoms. The third-order valence-electron chi connectivity index (χ3n) is 6.51. The van der Waals surface area contributed by atoms with Crippen molar-refractivity contribution in [1.82, 2.24) is 20.0 Å². The van der Waals surface area contributed by atoms with Crippen LogP contribution in [0.4, 0.5) is 0 Å². The standard InChI is InChI=1S/C19H31N5O/c1-19(2)16(15-6-5-9-25-17(15)19)22-18(20-3)24-8-7-13(12-24)14-10-21-23(4)11-14/h10-11,13,15-17H,5-9,12H2,1-4H3,(H,20,22). The van der Waals surface area contributed by atoms with Gasteiger partial charge in [0.2, 0.25) is 0 Å². The molecule has 3 fully saturated rings. The molecule has 138 valence electrons. The van der Waals surface area contributed by atoms with Crippen molar-refractivity contribution in [3.8, 4) is 0 Å². The Hall–Kier alpha value is -1.56. The van der Waals surface area contributed by atoms with E-state index in [2.05, 4.69) is 40.4 Å². The number of guanidine groups is 1. The maximum absolute atomic E-state index is 6.04. The molecule has 3 aliphatic rings. The summed E-state index contributed by atoms with van der Waals surface area (Å²) in [6, 6.07) is 0.453. The van der Waals surface area contributed by atoms with Crippen molar-refractivity contribution in [3.05, 3.63) is 18.0 Å². The zero-order chi connectivity index (χ0) is 17.6. The Morgan fingerprint density at radius 2 is 2.24 bits per heavy atom. The molecule has 2 aliphatic heterocycles. The van der Waals surface area contributed by atoms with E-state index in [0.29, 0.717) is 24.0 Å². The monoisotopic (exact) mass is 345 g/mol. The number of ether oxygens (including phenoxy) is 1. The SMILES string of the molecule is CN=C(NC1C2CCCOC2C1(C)C)N1CCC(c2cnn(C)c2)C1. The normalized spacial score (nSPS) is 34.6. The van der Waals surface area contributed by atoms with Gasteiger partial charge in [0.1, 0.15) is 0 Å². The summed E-state index contributed by atoms with van der Waals surface area (Å²) in [5, 5.41) is 8.11. The minimum atomic E-state index is 0.170. The second-order valence-corrected chi connectivity index (χ2v) is 8.47. The predicted molar refractivity (Wildman–Crippen MR) is 98.7 cm³/mol. The van der Waals surface area contributed by atoms with Gasteiger partial charge in [-0.25, -0.2) is 0 Å². The first-order chi connectivity index (χ1) is 12.0. The molecular weight excluding hydrogens is 314 g/mol. The number of aryl methyl sites for hydroxylation is 1. The molecule has 25 heavy (non-hydrogen) atoms. The molecule has 0 radical (unpaired) electrons. The van der Waals surface area contributed by atoms with Gasteiger partial charge >= 0.3 is 0 Å². The summed E-state index contributed by atoms with van der Waals surface area (Å²) in [6.07, 6.45) is 8.16. The zero-order valence-corrected chi connectivity index (χ0v) is 15.9. The van der Waals surface area contributed by atoms with Crippen LogP contribution in [0.2, 0.25) is 0 Å². The summed E-state index contributed by atoms with van der Waals surface area (Å²) in [6.45, 7) is 7.64. The van der Waals surface area contributed by atoms with Crippen LogP contribution in [0.5, 0.6) is 0 Å². The summed E-state index contributed by atoms with van der Waals surface area (Å²) < 4.78 is 7.93. The second kappa shape index (κ2) is 6.31. The van der Waals surface area contributed by atoms with Crippen LogP contribution in [0.1, 0.15) is 44.6 Å². The van der Waals surface area contributed by atoms with Gasteiger partial charge in [0.05, 0.1) is 12.3 Å². The number of nitrogens with zero attached hydrogens (tertiary/aromatic N) is 4. The number of hydrogen-bond donors (Lipinski definition) is 1. The highest BCUT2D eigenvalue weighted by atomic mass is 16.5. The molecule has 3 heterocycles. The van der Waals surface area contributed by atoms with Crippen molar-refractivity contribution in [1.29, 1.82) is 0 Å². The topological polar surface area (TPSA) is 54.7 Å². The fourth-order valence-corrected chi connectivity index (χ4v) is 5.13. The molecule has 2 saturated heterocycles. The Labute approximate surface area is 150 Å². The number of rotatable bonds is 2. The van der Waals surface area contributed by atoms with Crippen molar-refractivity contribution in [2.75, 3.05) is 26.7 Å². The van der Waals surface area contributed by atoms with Gasteiger partial charge in [-0.2, -0.15) is 5.10 Å². The Bertz CT molecular complexity index is 652. The van der Waals surface area contributed by atoms with Crippen LogP contribution in [0.25, 0.3) is 0 Å². The lowest BCUT2D eigenvalue weighted by molar-refractivity contribution is -0.188. The lowest BCUT2D eigenvalue weighted by Gasteiger charge is -2.60. The molecule has 6 nitrogen and oxygen atoms in total. The fraction of sp³-hybridized carbons (Fsp3) is 0.789. The Morgan fingerprint density at radius 1 is 1.40 bits per heavy atom. The highest BCUT2D eigenvalue weighted by Crippen LogP contribution is 2.51. The number of aliphatic imine (C=N–C) groups is 1. The van der Waals surface area contributed by atoms with E-state index < -0.39 is 0 Å². The summed E-state index contributed by atoms with van der Waals surface area (Å²) in [5.41, 5.74) is 1.51. The van der Waals surface area contributed by atoms with Crippen LogP contribution in [0.15, 0.2) is 17.4 Å². The van der Waals surface area contributed by atoms with E-state index in [1.807, 2.05) is 25.0 Å². The maximum atomic E-state index is 6.04. The first kappa shape index (κ1) is 16.9. The van der Waals surface area contributed by atoms with Crippen LogP contribution < -0.4 is 5.32 Å². The molecule has 0 spiro atoms. The van der Waals surface area contributed by atoms with Crippen LogP contribution in [0.3, 0.4) is 0 Å². The van der Waals surface area contributed by atoms with Crippen LogP contribution in [0, 0.1) is 11.3 Å². The summed E-state index contributed by atoms with van der Waals surface area (Å²) in [5.74, 6) is 2.22. The lowest BCUT2D eigenvalue weighted by atomic mass is 9.55. The molecule has 4 rings (SSSR count). The third-order valence-corrected chi connectivity index (χ3v) is 6.51. The molecule has 1 N–H and O–H groups in total. The van der Waals surface area contributed by atoms with Crippen LogP contribution >= 0.6 is 0 Å². The van der Waals surface area contributed by atoms with Crippen molar-refractivity contribution in [3.63, 3.8) is 0 Å². The molecule has 4 unspecified atom stereocenters.